The van der Waals surface area contributed by atoms with Crippen molar-refractivity contribution in [1.29, 1.82) is 0 Å². The second kappa shape index (κ2) is 6.17. The van der Waals surface area contributed by atoms with Crippen molar-refractivity contribution in [1.82, 2.24) is 4.98 Å². The maximum Gasteiger partial charge on any atom is 0.171 e. The summed E-state index contributed by atoms with van der Waals surface area (Å²) in [6.07, 6.45) is 0.922. The van der Waals surface area contributed by atoms with Gasteiger partial charge in [-0.2, -0.15) is 0 Å². The average Bonchev–Trinajstić information content (AvgIpc) is 2.87. The Bertz CT molecular complexity index is 595. The third-order valence-corrected chi connectivity index (χ3v) is 3.96. The highest BCUT2D eigenvalue weighted by Crippen LogP contribution is 2.31. The van der Waals surface area contributed by atoms with Crippen molar-refractivity contribution in [2.24, 2.45) is 0 Å². The molecule has 100 valence electrons. The van der Waals surface area contributed by atoms with Crippen molar-refractivity contribution in [3.63, 3.8) is 0 Å². The number of Topliss-reactive ketones (excluding diaryl/α,β-unsaturated/α-hetero) is 1. The minimum Gasteiger partial charge on any atom is -0.490 e. The summed E-state index contributed by atoms with van der Waals surface area (Å²) >= 11 is 7.50. The van der Waals surface area contributed by atoms with Gasteiger partial charge in [-0.05, 0) is 37.6 Å². The van der Waals surface area contributed by atoms with Gasteiger partial charge in [0.15, 0.2) is 16.7 Å². The molecule has 0 atom stereocenters. The molecular weight excluding hydrogens is 282 g/mol. The predicted molar refractivity (Wildman–Crippen MR) is 78.4 cm³/mol. The number of pyridine rings is 1. The molecule has 0 radical (unpaired) electrons. The van der Waals surface area contributed by atoms with Crippen molar-refractivity contribution < 1.29 is 9.53 Å². The first-order chi connectivity index (χ1) is 9.11. The van der Waals surface area contributed by atoms with Gasteiger partial charge in [-0.3, -0.25) is 4.79 Å². The zero-order valence-corrected chi connectivity index (χ0v) is 12.3. The smallest absolute Gasteiger partial charge is 0.171 e. The molecule has 5 heteroatoms. The number of aromatic nitrogens is 1. The van der Waals surface area contributed by atoms with Gasteiger partial charge in [0.2, 0.25) is 0 Å². The van der Waals surface area contributed by atoms with Crippen LogP contribution in [0.3, 0.4) is 0 Å². The van der Waals surface area contributed by atoms with Crippen LogP contribution in [-0.4, -0.2) is 17.4 Å². The second-order valence-corrected chi connectivity index (χ2v) is 5.50. The van der Waals surface area contributed by atoms with E-state index in [4.69, 9.17) is 16.3 Å². The minimum atomic E-state index is 0.0604. The van der Waals surface area contributed by atoms with E-state index >= 15 is 0 Å². The molecule has 2 rings (SSSR count). The van der Waals surface area contributed by atoms with E-state index in [1.165, 1.54) is 11.3 Å². The third-order valence-electron chi connectivity index (χ3n) is 2.48. The Balaban J connectivity index is 2.25. The number of ether oxygens (including phenoxy) is 1. The highest BCUT2D eigenvalue weighted by atomic mass is 35.5. The molecule has 0 saturated heterocycles. The van der Waals surface area contributed by atoms with E-state index in [2.05, 4.69) is 4.98 Å². The molecule has 0 aliphatic carbocycles. The van der Waals surface area contributed by atoms with Gasteiger partial charge in [0.05, 0.1) is 22.1 Å². The van der Waals surface area contributed by atoms with Crippen LogP contribution in [0, 0.1) is 0 Å². The minimum absolute atomic E-state index is 0.0604. The van der Waals surface area contributed by atoms with Gasteiger partial charge in [-0.1, -0.05) is 18.5 Å². The molecule has 0 aliphatic heterocycles. The molecule has 0 fully saturated rings. The van der Waals surface area contributed by atoms with Crippen LogP contribution in [0.25, 0.3) is 10.6 Å². The number of thiophene rings is 1. The first-order valence-electron chi connectivity index (χ1n) is 6.02. The highest BCUT2D eigenvalue weighted by molar-refractivity contribution is 7.17. The third kappa shape index (κ3) is 3.33. The number of ketones is 1. The van der Waals surface area contributed by atoms with Crippen LogP contribution in [0.15, 0.2) is 24.3 Å². The Morgan fingerprint density at radius 2 is 2.16 bits per heavy atom. The molecular formula is C14H14ClNO2S. The van der Waals surface area contributed by atoms with Crippen molar-refractivity contribution >= 4 is 28.7 Å². The molecule has 0 saturated carbocycles. The number of nitrogens with zero attached hydrogens (tertiary/aromatic N) is 1. The molecule has 0 amide bonds. The molecule has 19 heavy (non-hydrogen) atoms. The predicted octanol–water partition coefficient (Wildman–Crippen LogP) is 4.45. The van der Waals surface area contributed by atoms with Crippen molar-refractivity contribution in [2.45, 2.75) is 20.3 Å². The normalized spacial score (nSPS) is 10.5. The van der Waals surface area contributed by atoms with Crippen molar-refractivity contribution in [2.75, 3.05) is 6.61 Å². The molecule has 0 bridgehead atoms. The van der Waals surface area contributed by atoms with Gasteiger partial charge < -0.3 is 4.74 Å². The maximum absolute atomic E-state index is 11.3. The van der Waals surface area contributed by atoms with E-state index in [0.29, 0.717) is 17.5 Å². The van der Waals surface area contributed by atoms with E-state index in [1.54, 1.807) is 13.0 Å². The number of carbonyl (C=O) groups is 1. The maximum atomic E-state index is 11.3. The van der Waals surface area contributed by atoms with Gasteiger partial charge in [0, 0.05) is 0 Å². The fourth-order valence-electron chi connectivity index (χ4n) is 1.54. The van der Waals surface area contributed by atoms with Crippen molar-refractivity contribution in [3.8, 4) is 16.3 Å². The second-order valence-electron chi connectivity index (χ2n) is 4.05. The summed E-state index contributed by atoms with van der Waals surface area (Å²) in [5.74, 6) is 0.654. The number of hydrogen-bond donors (Lipinski definition) is 0. The molecule has 2 aromatic rings. The van der Waals surface area contributed by atoms with Crippen LogP contribution in [0.4, 0.5) is 0 Å². The van der Waals surface area contributed by atoms with Gasteiger partial charge in [0.25, 0.3) is 0 Å². The lowest BCUT2D eigenvalue weighted by molar-refractivity contribution is 0.102. The van der Waals surface area contributed by atoms with Crippen LogP contribution in [-0.2, 0) is 0 Å². The largest absolute Gasteiger partial charge is 0.490 e. The first-order valence-corrected chi connectivity index (χ1v) is 7.21. The monoisotopic (exact) mass is 295 g/mol. The lowest BCUT2D eigenvalue weighted by atomic mass is 10.3. The summed E-state index contributed by atoms with van der Waals surface area (Å²) in [6.45, 7) is 4.20. The SMILES string of the molecule is CCCOc1ccc(-c2ccc(C(C)=O)s2)nc1Cl. The molecule has 0 spiro atoms. The summed E-state index contributed by atoms with van der Waals surface area (Å²) in [5, 5.41) is 0.351. The average molecular weight is 296 g/mol. The molecule has 0 aromatic carbocycles. The summed E-state index contributed by atoms with van der Waals surface area (Å²) in [5.41, 5.74) is 0.756. The van der Waals surface area contributed by atoms with Crippen LogP contribution >= 0.6 is 22.9 Å². The standard InChI is InChI=1S/C14H14ClNO2S/c1-3-8-18-11-5-4-10(16-14(11)15)13-7-6-12(19-13)9(2)17/h4-7H,3,8H2,1-2H3. The zero-order valence-electron chi connectivity index (χ0n) is 10.8. The molecule has 0 N–H and O–H groups in total. The molecule has 2 heterocycles. The Kier molecular flexibility index (Phi) is 4.56. The summed E-state index contributed by atoms with van der Waals surface area (Å²) in [7, 11) is 0. The van der Waals surface area contributed by atoms with E-state index in [-0.39, 0.29) is 5.78 Å². The Labute approximate surface area is 121 Å². The Morgan fingerprint density at radius 3 is 2.74 bits per heavy atom. The van der Waals surface area contributed by atoms with E-state index in [1.807, 2.05) is 25.1 Å². The molecule has 3 nitrogen and oxygen atoms in total. The number of rotatable bonds is 5. The van der Waals surface area contributed by atoms with E-state index < -0.39 is 0 Å². The van der Waals surface area contributed by atoms with Gasteiger partial charge >= 0.3 is 0 Å². The topological polar surface area (TPSA) is 39.2 Å². The number of halogens is 1. The van der Waals surface area contributed by atoms with Crippen LogP contribution < -0.4 is 4.74 Å². The number of hydrogen-bond acceptors (Lipinski definition) is 4. The molecule has 0 aliphatic rings. The van der Waals surface area contributed by atoms with Crippen LogP contribution in [0.5, 0.6) is 5.75 Å². The summed E-state index contributed by atoms with van der Waals surface area (Å²) in [6, 6.07) is 7.35. The summed E-state index contributed by atoms with van der Waals surface area (Å²) in [4.78, 5) is 17.2. The summed E-state index contributed by atoms with van der Waals surface area (Å²) < 4.78 is 5.48. The fourth-order valence-corrected chi connectivity index (χ4v) is 2.62. The van der Waals surface area contributed by atoms with Gasteiger partial charge in [0.1, 0.15) is 0 Å². The quantitative estimate of drug-likeness (QED) is 0.604. The lowest BCUT2D eigenvalue weighted by Gasteiger charge is -2.06. The van der Waals surface area contributed by atoms with E-state index in [0.717, 1.165) is 21.9 Å². The fraction of sp³-hybridized carbons (Fsp3) is 0.286. The Hall–Kier alpha value is -1.39. The van der Waals surface area contributed by atoms with Crippen LogP contribution in [0.1, 0.15) is 29.9 Å². The highest BCUT2D eigenvalue weighted by Gasteiger charge is 2.10. The molecule has 2 aromatic heterocycles. The zero-order chi connectivity index (χ0) is 13.8. The number of carbonyl (C=O) groups excluding carboxylic acids is 1. The van der Waals surface area contributed by atoms with Gasteiger partial charge in [-0.25, -0.2) is 4.98 Å². The Morgan fingerprint density at radius 1 is 1.37 bits per heavy atom. The van der Waals surface area contributed by atoms with Crippen molar-refractivity contribution in [3.05, 3.63) is 34.3 Å². The lowest BCUT2D eigenvalue weighted by Crippen LogP contribution is -1.96. The first kappa shape index (κ1) is 14.0. The van der Waals surface area contributed by atoms with E-state index in [9.17, 15) is 4.79 Å². The van der Waals surface area contributed by atoms with Crippen LogP contribution in [0.2, 0.25) is 5.15 Å². The van der Waals surface area contributed by atoms with Gasteiger partial charge in [-0.15, -0.1) is 11.3 Å². The molecule has 0 unspecified atom stereocenters.